The molecule has 2 rings (SSSR count). The highest BCUT2D eigenvalue weighted by atomic mass is 15.3. The zero-order valence-electron chi connectivity index (χ0n) is 11.1. The van der Waals surface area contributed by atoms with Crippen LogP contribution in [0.15, 0.2) is 0 Å². The second-order valence-electron chi connectivity index (χ2n) is 5.51. The highest BCUT2D eigenvalue weighted by molar-refractivity contribution is 4.88. The zero-order chi connectivity index (χ0) is 11.5. The van der Waals surface area contributed by atoms with Gasteiger partial charge in [-0.05, 0) is 38.9 Å². The molecule has 0 aromatic carbocycles. The van der Waals surface area contributed by atoms with Gasteiger partial charge in [-0.3, -0.25) is 9.80 Å². The Balaban J connectivity index is 1.90. The summed E-state index contributed by atoms with van der Waals surface area (Å²) in [6, 6.07) is 1.56. The fraction of sp³-hybridized carbons (Fsp3) is 1.00. The van der Waals surface area contributed by atoms with E-state index in [1.807, 2.05) is 0 Å². The highest BCUT2D eigenvalue weighted by Crippen LogP contribution is 2.21. The van der Waals surface area contributed by atoms with Gasteiger partial charge in [0.1, 0.15) is 0 Å². The summed E-state index contributed by atoms with van der Waals surface area (Å²) in [7, 11) is 0. The zero-order valence-corrected chi connectivity index (χ0v) is 11.1. The Morgan fingerprint density at radius 3 is 2.69 bits per heavy atom. The SMILES string of the molecule is CCN1CCN(C2CCNCC2C)CC1C. The molecule has 16 heavy (non-hydrogen) atoms. The molecule has 0 aromatic heterocycles. The first kappa shape index (κ1) is 12.3. The van der Waals surface area contributed by atoms with Crippen LogP contribution in [0.25, 0.3) is 0 Å². The minimum absolute atomic E-state index is 0.737. The predicted molar refractivity (Wildman–Crippen MR) is 68.7 cm³/mol. The molecule has 2 fully saturated rings. The van der Waals surface area contributed by atoms with Crippen LogP contribution in [-0.4, -0.2) is 61.2 Å². The smallest absolute Gasteiger partial charge is 0.0195 e. The molecule has 2 saturated heterocycles. The van der Waals surface area contributed by atoms with Crippen molar-refractivity contribution in [3.05, 3.63) is 0 Å². The molecule has 1 N–H and O–H groups in total. The average molecular weight is 225 g/mol. The van der Waals surface area contributed by atoms with E-state index in [9.17, 15) is 0 Å². The van der Waals surface area contributed by atoms with Gasteiger partial charge in [-0.25, -0.2) is 0 Å². The van der Waals surface area contributed by atoms with E-state index >= 15 is 0 Å². The van der Waals surface area contributed by atoms with Gasteiger partial charge in [-0.15, -0.1) is 0 Å². The van der Waals surface area contributed by atoms with Crippen LogP contribution in [0.2, 0.25) is 0 Å². The van der Waals surface area contributed by atoms with Crippen molar-refractivity contribution in [3.8, 4) is 0 Å². The molecule has 0 aliphatic carbocycles. The Morgan fingerprint density at radius 1 is 1.25 bits per heavy atom. The molecule has 3 heteroatoms. The van der Waals surface area contributed by atoms with Crippen LogP contribution in [0.5, 0.6) is 0 Å². The van der Waals surface area contributed by atoms with Crippen LogP contribution < -0.4 is 5.32 Å². The van der Waals surface area contributed by atoms with Crippen molar-refractivity contribution in [2.45, 2.75) is 39.3 Å². The van der Waals surface area contributed by atoms with E-state index in [1.165, 1.54) is 45.7 Å². The monoisotopic (exact) mass is 225 g/mol. The van der Waals surface area contributed by atoms with Gasteiger partial charge in [-0.1, -0.05) is 13.8 Å². The molecule has 3 unspecified atom stereocenters. The summed E-state index contributed by atoms with van der Waals surface area (Å²) in [5.74, 6) is 0.814. The molecule has 3 nitrogen and oxygen atoms in total. The third-order valence-electron chi connectivity index (χ3n) is 4.41. The summed E-state index contributed by atoms with van der Waals surface area (Å²) in [5.41, 5.74) is 0. The van der Waals surface area contributed by atoms with Gasteiger partial charge in [0.25, 0.3) is 0 Å². The predicted octanol–water partition coefficient (Wildman–Crippen LogP) is 1.01. The second kappa shape index (κ2) is 5.48. The first-order chi connectivity index (χ1) is 7.72. The van der Waals surface area contributed by atoms with Crippen molar-refractivity contribution in [3.63, 3.8) is 0 Å². The molecule has 2 aliphatic heterocycles. The van der Waals surface area contributed by atoms with Crippen molar-refractivity contribution < 1.29 is 0 Å². The van der Waals surface area contributed by atoms with Crippen LogP contribution >= 0.6 is 0 Å². The Bertz CT molecular complexity index is 219. The van der Waals surface area contributed by atoms with Gasteiger partial charge in [0, 0.05) is 31.7 Å². The average Bonchev–Trinajstić information content (AvgIpc) is 2.29. The van der Waals surface area contributed by atoms with Crippen LogP contribution in [-0.2, 0) is 0 Å². The normalized spacial score (nSPS) is 38.8. The van der Waals surface area contributed by atoms with E-state index in [1.54, 1.807) is 0 Å². The summed E-state index contributed by atoms with van der Waals surface area (Å²) in [6.45, 7) is 14.5. The maximum Gasteiger partial charge on any atom is 0.0195 e. The number of rotatable bonds is 2. The van der Waals surface area contributed by atoms with E-state index in [0.717, 1.165) is 18.0 Å². The summed E-state index contributed by atoms with van der Waals surface area (Å²) in [6.07, 6.45) is 1.33. The Kier molecular flexibility index (Phi) is 4.22. The molecule has 0 aromatic rings. The maximum absolute atomic E-state index is 3.50. The largest absolute Gasteiger partial charge is 0.316 e. The number of piperazine rings is 1. The molecular weight excluding hydrogens is 198 g/mol. The maximum atomic E-state index is 3.50. The lowest BCUT2D eigenvalue weighted by atomic mass is 9.92. The number of likely N-dealkylation sites (N-methyl/N-ethyl adjacent to an activating group) is 1. The summed E-state index contributed by atoms with van der Waals surface area (Å²) in [4.78, 5) is 5.34. The summed E-state index contributed by atoms with van der Waals surface area (Å²) in [5, 5.41) is 3.50. The van der Waals surface area contributed by atoms with Gasteiger partial charge in [0.05, 0.1) is 0 Å². The fourth-order valence-corrected chi connectivity index (χ4v) is 3.34. The van der Waals surface area contributed by atoms with Crippen molar-refractivity contribution in [2.75, 3.05) is 39.3 Å². The standard InChI is InChI=1S/C13H27N3/c1-4-15-7-8-16(10-12(15)3)13-5-6-14-9-11(13)2/h11-14H,4-10H2,1-3H3. The first-order valence-electron chi connectivity index (χ1n) is 6.91. The number of hydrogen-bond donors (Lipinski definition) is 1. The number of nitrogens with zero attached hydrogens (tertiary/aromatic N) is 2. The molecular formula is C13H27N3. The van der Waals surface area contributed by atoms with Gasteiger partial charge >= 0.3 is 0 Å². The van der Waals surface area contributed by atoms with E-state index in [4.69, 9.17) is 0 Å². The van der Waals surface area contributed by atoms with Crippen molar-refractivity contribution in [2.24, 2.45) is 5.92 Å². The lowest BCUT2D eigenvalue weighted by Gasteiger charge is -2.46. The van der Waals surface area contributed by atoms with E-state index in [2.05, 4.69) is 35.9 Å². The fourth-order valence-electron chi connectivity index (χ4n) is 3.34. The lowest BCUT2D eigenvalue weighted by Crippen LogP contribution is -2.58. The Labute approximate surface area is 100 Å². The number of piperidine rings is 1. The molecule has 2 heterocycles. The lowest BCUT2D eigenvalue weighted by molar-refractivity contribution is 0.0311. The van der Waals surface area contributed by atoms with Crippen molar-refractivity contribution in [1.82, 2.24) is 15.1 Å². The van der Waals surface area contributed by atoms with E-state index in [0.29, 0.717) is 0 Å². The molecule has 0 bridgehead atoms. The molecule has 2 aliphatic rings. The Hall–Kier alpha value is -0.120. The summed E-state index contributed by atoms with van der Waals surface area (Å²) >= 11 is 0. The number of nitrogens with one attached hydrogen (secondary N) is 1. The highest BCUT2D eigenvalue weighted by Gasteiger charge is 2.31. The van der Waals surface area contributed by atoms with Crippen LogP contribution in [0.1, 0.15) is 27.2 Å². The second-order valence-corrected chi connectivity index (χ2v) is 5.51. The third-order valence-corrected chi connectivity index (χ3v) is 4.41. The van der Waals surface area contributed by atoms with E-state index in [-0.39, 0.29) is 0 Å². The van der Waals surface area contributed by atoms with Crippen LogP contribution in [0.3, 0.4) is 0 Å². The van der Waals surface area contributed by atoms with Crippen LogP contribution in [0.4, 0.5) is 0 Å². The molecule has 3 atom stereocenters. The first-order valence-corrected chi connectivity index (χ1v) is 6.91. The topological polar surface area (TPSA) is 18.5 Å². The number of hydrogen-bond acceptors (Lipinski definition) is 3. The third kappa shape index (κ3) is 2.58. The Morgan fingerprint density at radius 2 is 2.06 bits per heavy atom. The molecule has 0 saturated carbocycles. The van der Waals surface area contributed by atoms with E-state index < -0.39 is 0 Å². The van der Waals surface area contributed by atoms with Crippen molar-refractivity contribution >= 4 is 0 Å². The minimum atomic E-state index is 0.737. The van der Waals surface area contributed by atoms with Gasteiger partial charge < -0.3 is 5.32 Å². The molecule has 94 valence electrons. The quantitative estimate of drug-likeness (QED) is 0.757. The van der Waals surface area contributed by atoms with Crippen LogP contribution in [0, 0.1) is 5.92 Å². The van der Waals surface area contributed by atoms with Gasteiger partial charge in [0.15, 0.2) is 0 Å². The van der Waals surface area contributed by atoms with Gasteiger partial charge in [-0.2, -0.15) is 0 Å². The molecule has 0 spiro atoms. The molecule has 0 radical (unpaired) electrons. The minimum Gasteiger partial charge on any atom is -0.316 e. The van der Waals surface area contributed by atoms with Gasteiger partial charge in [0.2, 0.25) is 0 Å². The van der Waals surface area contributed by atoms with Crippen molar-refractivity contribution in [1.29, 1.82) is 0 Å². The summed E-state index contributed by atoms with van der Waals surface area (Å²) < 4.78 is 0. The molecule has 0 amide bonds.